The molecule has 6 heteroatoms. The van der Waals surface area contributed by atoms with Crippen molar-refractivity contribution < 1.29 is 19.4 Å². The van der Waals surface area contributed by atoms with Crippen LogP contribution in [0.1, 0.15) is 16.1 Å². The minimum Gasteiger partial charge on any atom is -0.497 e. The number of carboxylic acid groups (broad SMARTS) is 1. The van der Waals surface area contributed by atoms with Crippen LogP contribution in [-0.2, 0) is 0 Å². The molecular formula is C19H18N2O4. The molecule has 0 unspecified atom stereocenters. The van der Waals surface area contributed by atoms with Crippen LogP contribution >= 0.6 is 0 Å². The Balaban J connectivity index is 2.15. The molecule has 0 atom stereocenters. The molecule has 0 aliphatic carbocycles. The summed E-state index contributed by atoms with van der Waals surface area (Å²) in [6.45, 7) is 1.89. The molecule has 0 radical (unpaired) electrons. The van der Waals surface area contributed by atoms with Crippen LogP contribution in [0.15, 0.2) is 42.5 Å². The number of pyridine rings is 1. The molecule has 0 saturated heterocycles. The van der Waals surface area contributed by atoms with Crippen molar-refractivity contribution >= 4 is 28.2 Å². The summed E-state index contributed by atoms with van der Waals surface area (Å²) < 4.78 is 10.8. The normalized spacial score (nSPS) is 10.5. The summed E-state index contributed by atoms with van der Waals surface area (Å²) in [5.41, 5.74) is 3.21. The van der Waals surface area contributed by atoms with E-state index in [2.05, 4.69) is 10.3 Å². The zero-order valence-corrected chi connectivity index (χ0v) is 14.2. The van der Waals surface area contributed by atoms with Crippen molar-refractivity contribution in [3.63, 3.8) is 0 Å². The van der Waals surface area contributed by atoms with Crippen molar-refractivity contribution in [1.29, 1.82) is 0 Å². The van der Waals surface area contributed by atoms with Crippen LogP contribution in [-0.4, -0.2) is 30.3 Å². The first-order chi connectivity index (χ1) is 12.0. The summed E-state index contributed by atoms with van der Waals surface area (Å²) in [6.07, 6.45) is 0. The van der Waals surface area contributed by atoms with Crippen LogP contribution in [0, 0.1) is 6.92 Å². The van der Waals surface area contributed by atoms with Crippen LogP contribution in [0.2, 0.25) is 0 Å². The third kappa shape index (κ3) is 3.33. The van der Waals surface area contributed by atoms with E-state index in [1.165, 1.54) is 0 Å². The Morgan fingerprint density at radius 2 is 1.92 bits per heavy atom. The van der Waals surface area contributed by atoms with E-state index in [9.17, 15) is 4.79 Å². The second-order valence-electron chi connectivity index (χ2n) is 5.55. The Bertz CT molecular complexity index is 954. The SMILES string of the molecule is COc1cc(OC)c2nc(C)cc(Nc3cccc(C(=O)O)c3)c2c1. The van der Waals surface area contributed by atoms with E-state index in [1.807, 2.05) is 25.1 Å². The zero-order chi connectivity index (χ0) is 18.0. The number of fused-ring (bicyclic) bond motifs is 1. The molecule has 25 heavy (non-hydrogen) atoms. The smallest absolute Gasteiger partial charge is 0.335 e. The lowest BCUT2D eigenvalue weighted by atomic mass is 10.1. The number of anilines is 2. The quantitative estimate of drug-likeness (QED) is 0.732. The number of carbonyl (C=O) groups is 1. The van der Waals surface area contributed by atoms with E-state index < -0.39 is 5.97 Å². The lowest BCUT2D eigenvalue weighted by Gasteiger charge is -2.14. The first-order valence-electron chi connectivity index (χ1n) is 7.65. The standard InChI is InChI=1S/C19H18N2O4/c1-11-7-16(21-13-6-4-5-12(8-13)19(22)23)15-9-14(24-2)10-17(25-3)18(15)20-11/h4-10H,1-3H3,(H,20,21)(H,22,23). The largest absolute Gasteiger partial charge is 0.497 e. The number of nitrogens with zero attached hydrogens (tertiary/aromatic N) is 1. The highest BCUT2D eigenvalue weighted by Crippen LogP contribution is 2.35. The molecule has 6 nitrogen and oxygen atoms in total. The van der Waals surface area contributed by atoms with Gasteiger partial charge in [-0.2, -0.15) is 0 Å². The van der Waals surface area contributed by atoms with E-state index in [0.29, 0.717) is 22.7 Å². The fraction of sp³-hybridized carbons (Fsp3) is 0.158. The Morgan fingerprint density at radius 1 is 1.12 bits per heavy atom. The Labute approximate surface area is 145 Å². The third-order valence-electron chi connectivity index (χ3n) is 3.82. The predicted octanol–water partition coefficient (Wildman–Crippen LogP) is 4.00. The molecule has 2 N–H and O–H groups in total. The lowest BCUT2D eigenvalue weighted by Crippen LogP contribution is -2.00. The van der Waals surface area contributed by atoms with Gasteiger partial charge in [0, 0.05) is 22.8 Å². The number of nitrogens with one attached hydrogen (secondary N) is 1. The monoisotopic (exact) mass is 338 g/mol. The highest BCUT2D eigenvalue weighted by molar-refractivity contribution is 5.98. The van der Waals surface area contributed by atoms with E-state index in [0.717, 1.165) is 16.8 Å². The molecular weight excluding hydrogens is 320 g/mol. The predicted molar refractivity (Wildman–Crippen MR) is 96.3 cm³/mol. The highest BCUT2D eigenvalue weighted by atomic mass is 16.5. The van der Waals surface area contributed by atoms with Crippen molar-refractivity contribution in [1.82, 2.24) is 4.98 Å². The number of rotatable bonds is 5. The lowest BCUT2D eigenvalue weighted by molar-refractivity contribution is 0.0697. The van der Waals surface area contributed by atoms with Gasteiger partial charge in [-0.25, -0.2) is 9.78 Å². The number of aromatic carboxylic acids is 1. The molecule has 1 heterocycles. The fourth-order valence-electron chi connectivity index (χ4n) is 2.66. The van der Waals surface area contributed by atoms with Crippen LogP contribution in [0.4, 0.5) is 11.4 Å². The van der Waals surface area contributed by atoms with Gasteiger partial charge in [0.05, 0.1) is 25.5 Å². The second kappa shape index (κ2) is 6.68. The van der Waals surface area contributed by atoms with E-state index in [1.54, 1.807) is 38.5 Å². The van der Waals surface area contributed by atoms with Crippen LogP contribution in [0.3, 0.4) is 0 Å². The number of carboxylic acids is 1. The van der Waals surface area contributed by atoms with Gasteiger partial charge in [0.15, 0.2) is 0 Å². The third-order valence-corrected chi connectivity index (χ3v) is 3.82. The van der Waals surface area contributed by atoms with Gasteiger partial charge in [0.1, 0.15) is 17.0 Å². The van der Waals surface area contributed by atoms with Gasteiger partial charge in [-0.05, 0) is 37.3 Å². The highest BCUT2D eigenvalue weighted by Gasteiger charge is 2.12. The van der Waals surface area contributed by atoms with Crippen LogP contribution in [0.25, 0.3) is 10.9 Å². The van der Waals surface area contributed by atoms with Crippen molar-refractivity contribution in [2.75, 3.05) is 19.5 Å². The summed E-state index contributed by atoms with van der Waals surface area (Å²) in [6, 6.07) is 12.2. The summed E-state index contributed by atoms with van der Waals surface area (Å²) in [4.78, 5) is 15.7. The van der Waals surface area contributed by atoms with Crippen LogP contribution < -0.4 is 14.8 Å². The van der Waals surface area contributed by atoms with Gasteiger partial charge in [0.25, 0.3) is 0 Å². The number of ether oxygens (including phenoxy) is 2. The molecule has 0 aliphatic heterocycles. The van der Waals surface area contributed by atoms with Gasteiger partial charge < -0.3 is 19.9 Å². The Kier molecular flexibility index (Phi) is 4.43. The van der Waals surface area contributed by atoms with Gasteiger partial charge in [-0.15, -0.1) is 0 Å². The average molecular weight is 338 g/mol. The maximum Gasteiger partial charge on any atom is 0.335 e. The van der Waals surface area contributed by atoms with Crippen LogP contribution in [0.5, 0.6) is 11.5 Å². The van der Waals surface area contributed by atoms with Gasteiger partial charge in [-0.3, -0.25) is 0 Å². The maximum absolute atomic E-state index is 11.2. The molecule has 0 fully saturated rings. The summed E-state index contributed by atoms with van der Waals surface area (Å²) in [5.74, 6) is 0.292. The zero-order valence-electron chi connectivity index (χ0n) is 14.2. The van der Waals surface area contributed by atoms with Crippen molar-refractivity contribution in [2.45, 2.75) is 6.92 Å². The molecule has 128 valence electrons. The first kappa shape index (κ1) is 16.6. The molecule has 0 saturated carbocycles. The summed E-state index contributed by atoms with van der Waals surface area (Å²) >= 11 is 0. The number of hydrogen-bond acceptors (Lipinski definition) is 5. The maximum atomic E-state index is 11.2. The van der Waals surface area contributed by atoms with E-state index in [4.69, 9.17) is 14.6 Å². The first-order valence-corrected chi connectivity index (χ1v) is 7.65. The van der Waals surface area contributed by atoms with Crippen molar-refractivity contribution in [3.8, 4) is 11.5 Å². The summed E-state index contributed by atoms with van der Waals surface area (Å²) in [5, 5.41) is 13.2. The molecule has 3 aromatic rings. The molecule has 3 rings (SSSR count). The number of hydrogen-bond donors (Lipinski definition) is 2. The minimum atomic E-state index is -0.970. The van der Waals surface area contributed by atoms with E-state index >= 15 is 0 Å². The van der Waals surface area contributed by atoms with Gasteiger partial charge >= 0.3 is 5.97 Å². The number of aromatic nitrogens is 1. The number of aryl methyl sites for hydroxylation is 1. The fourth-order valence-corrected chi connectivity index (χ4v) is 2.66. The van der Waals surface area contributed by atoms with Gasteiger partial charge in [-0.1, -0.05) is 6.07 Å². The van der Waals surface area contributed by atoms with E-state index in [-0.39, 0.29) is 5.56 Å². The molecule has 1 aromatic heterocycles. The molecule has 2 aromatic carbocycles. The molecule has 0 spiro atoms. The second-order valence-corrected chi connectivity index (χ2v) is 5.55. The topological polar surface area (TPSA) is 80.7 Å². The van der Waals surface area contributed by atoms with Gasteiger partial charge in [0.2, 0.25) is 0 Å². The Morgan fingerprint density at radius 3 is 2.60 bits per heavy atom. The summed E-state index contributed by atoms with van der Waals surface area (Å²) in [7, 11) is 3.17. The molecule has 0 bridgehead atoms. The minimum absolute atomic E-state index is 0.218. The van der Waals surface area contributed by atoms with Crippen molar-refractivity contribution in [3.05, 3.63) is 53.7 Å². The molecule has 0 amide bonds. The number of benzene rings is 2. The number of methoxy groups -OCH3 is 2. The van der Waals surface area contributed by atoms with Crippen molar-refractivity contribution in [2.24, 2.45) is 0 Å². The Hall–Kier alpha value is -3.28. The average Bonchev–Trinajstić information content (AvgIpc) is 2.61. The molecule has 0 aliphatic rings.